The van der Waals surface area contributed by atoms with Gasteiger partial charge < -0.3 is 19.7 Å². The third kappa shape index (κ3) is 3.05. The van der Waals surface area contributed by atoms with Gasteiger partial charge in [0.2, 0.25) is 5.95 Å². The summed E-state index contributed by atoms with van der Waals surface area (Å²) in [5.41, 5.74) is 0.858. The fraction of sp³-hybridized carbons (Fsp3) is 0.375. The van der Waals surface area contributed by atoms with E-state index in [4.69, 9.17) is 9.47 Å². The number of benzene rings is 1. The summed E-state index contributed by atoms with van der Waals surface area (Å²) in [5, 5.41) is 3.21. The van der Waals surface area contributed by atoms with Gasteiger partial charge in [0.15, 0.2) is 11.5 Å². The van der Waals surface area contributed by atoms with Gasteiger partial charge in [-0.05, 0) is 31.0 Å². The third-order valence-electron chi connectivity index (χ3n) is 3.71. The Morgan fingerprint density at radius 2 is 1.82 bits per heavy atom. The highest BCUT2D eigenvalue weighted by molar-refractivity contribution is 5.60. The van der Waals surface area contributed by atoms with Gasteiger partial charge in [-0.3, -0.25) is 0 Å². The van der Waals surface area contributed by atoms with Gasteiger partial charge in [-0.1, -0.05) is 0 Å². The Morgan fingerprint density at radius 1 is 1.05 bits per heavy atom. The highest BCUT2D eigenvalue weighted by Crippen LogP contribution is 2.30. The number of nitrogens with one attached hydrogen (secondary N) is 1. The molecule has 1 aromatic carbocycles. The van der Waals surface area contributed by atoms with Crippen LogP contribution < -0.4 is 19.7 Å². The molecule has 1 fully saturated rings. The number of methoxy groups -OCH3 is 2. The Labute approximate surface area is 130 Å². The van der Waals surface area contributed by atoms with Crippen molar-refractivity contribution in [2.24, 2.45) is 0 Å². The molecule has 1 aliphatic heterocycles. The predicted molar refractivity (Wildman–Crippen MR) is 86.3 cm³/mol. The summed E-state index contributed by atoms with van der Waals surface area (Å²) in [5.74, 6) is 2.91. The maximum absolute atomic E-state index is 5.31. The minimum absolute atomic E-state index is 0.580. The Balaban J connectivity index is 1.79. The molecule has 0 radical (unpaired) electrons. The zero-order valence-corrected chi connectivity index (χ0v) is 12.9. The van der Waals surface area contributed by atoms with E-state index in [0.29, 0.717) is 17.4 Å². The van der Waals surface area contributed by atoms with Crippen LogP contribution in [0.1, 0.15) is 12.8 Å². The van der Waals surface area contributed by atoms with Gasteiger partial charge in [0.25, 0.3) is 0 Å². The van der Waals surface area contributed by atoms with Crippen molar-refractivity contribution in [3.05, 3.63) is 30.5 Å². The van der Waals surface area contributed by atoms with E-state index in [0.717, 1.165) is 24.6 Å². The second-order valence-electron chi connectivity index (χ2n) is 5.13. The van der Waals surface area contributed by atoms with Crippen molar-refractivity contribution in [1.29, 1.82) is 0 Å². The molecule has 0 saturated carbocycles. The van der Waals surface area contributed by atoms with E-state index in [1.807, 2.05) is 24.3 Å². The van der Waals surface area contributed by atoms with Crippen molar-refractivity contribution in [1.82, 2.24) is 9.97 Å². The topological polar surface area (TPSA) is 59.5 Å². The smallest absolute Gasteiger partial charge is 0.229 e. The van der Waals surface area contributed by atoms with E-state index < -0.39 is 0 Å². The average molecular weight is 300 g/mol. The van der Waals surface area contributed by atoms with E-state index >= 15 is 0 Å². The van der Waals surface area contributed by atoms with Crippen LogP contribution in [-0.2, 0) is 0 Å². The quantitative estimate of drug-likeness (QED) is 0.916. The fourth-order valence-corrected chi connectivity index (χ4v) is 2.57. The minimum Gasteiger partial charge on any atom is -0.493 e. The summed E-state index contributed by atoms with van der Waals surface area (Å²) in [6, 6.07) is 7.58. The van der Waals surface area contributed by atoms with Crippen LogP contribution in [0.4, 0.5) is 17.5 Å². The van der Waals surface area contributed by atoms with E-state index in [1.54, 1.807) is 20.4 Å². The first-order valence-corrected chi connectivity index (χ1v) is 7.37. The molecule has 1 N–H and O–H groups in total. The molecule has 0 aliphatic carbocycles. The van der Waals surface area contributed by atoms with Crippen molar-refractivity contribution in [3.8, 4) is 11.5 Å². The SMILES string of the molecule is COc1ccc(Nc2nccc(N3CCCC3)n2)cc1OC. The Morgan fingerprint density at radius 3 is 2.55 bits per heavy atom. The molecular weight excluding hydrogens is 280 g/mol. The lowest BCUT2D eigenvalue weighted by molar-refractivity contribution is 0.355. The molecule has 22 heavy (non-hydrogen) atoms. The number of aromatic nitrogens is 2. The van der Waals surface area contributed by atoms with Crippen LogP contribution in [0.25, 0.3) is 0 Å². The van der Waals surface area contributed by atoms with Crippen molar-refractivity contribution < 1.29 is 9.47 Å². The van der Waals surface area contributed by atoms with Crippen LogP contribution in [0.5, 0.6) is 11.5 Å². The Bertz CT molecular complexity index is 642. The molecule has 1 aliphatic rings. The Hall–Kier alpha value is -2.50. The monoisotopic (exact) mass is 300 g/mol. The zero-order valence-electron chi connectivity index (χ0n) is 12.9. The summed E-state index contributed by atoms with van der Waals surface area (Å²) in [4.78, 5) is 11.1. The summed E-state index contributed by atoms with van der Waals surface area (Å²) >= 11 is 0. The summed E-state index contributed by atoms with van der Waals surface area (Å²) in [6.45, 7) is 2.12. The van der Waals surface area contributed by atoms with Crippen molar-refractivity contribution in [3.63, 3.8) is 0 Å². The van der Waals surface area contributed by atoms with Crippen LogP contribution in [0.3, 0.4) is 0 Å². The minimum atomic E-state index is 0.580. The highest BCUT2D eigenvalue weighted by Gasteiger charge is 2.14. The van der Waals surface area contributed by atoms with E-state index in [-0.39, 0.29) is 0 Å². The first-order valence-electron chi connectivity index (χ1n) is 7.37. The number of rotatable bonds is 5. The van der Waals surface area contributed by atoms with Crippen LogP contribution in [0.2, 0.25) is 0 Å². The fourth-order valence-electron chi connectivity index (χ4n) is 2.57. The van der Waals surface area contributed by atoms with Gasteiger partial charge in [0.1, 0.15) is 5.82 Å². The van der Waals surface area contributed by atoms with Gasteiger partial charge in [-0.2, -0.15) is 4.98 Å². The highest BCUT2D eigenvalue weighted by atomic mass is 16.5. The lowest BCUT2D eigenvalue weighted by atomic mass is 10.3. The van der Waals surface area contributed by atoms with Crippen molar-refractivity contribution in [2.75, 3.05) is 37.5 Å². The standard InChI is InChI=1S/C16H20N4O2/c1-21-13-6-5-12(11-14(13)22-2)18-16-17-8-7-15(19-16)20-9-3-4-10-20/h5-8,11H,3-4,9-10H2,1-2H3,(H,17,18,19). The number of ether oxygens (including phenoxy) is 2. The molecule has 0 bridgehead atoms. The Kier molecular flexibility index (Phi) is 4.27. The van der Waals surface area contributed by atoms with E-state index in [2.05, 4.69) is 20.2 Å². The van der Waals surface area contributed by atoms with Gasteiger partial charge in [0, 0.05) is 31.0 Å². The molecule has 0 spiro atoms. The summed E-state index contributed by atoms with van der Waals surface area (Å²) in [6.07, 6.45) is 4.23. The van der Waals surface area contributed by atoms with E-state index in [9.17, 15) is 0 Å². The summed E-state index contributed by atoms with van der Waals surface area (Å²) in [7, 11) is 3.24. The number of hydrogen-bond donors (Lipinski definition) is 1. The number of hydrogen-bond acceptors (Lipinski definition) is 6. The molecule has 1 saturated heterocycles. The molecule has 3 rings (SSSR count). The second-order valence-corrected chi connectivity index (χ2v) is 5.13. The largest absolute Gasteiger partial charge is 0.493 e. The molecule has 6 nitrogen and oxygen atoms in total. The third-order valence-corrected chi connectivity index (χ3v) is 3.71. The van der Waals surface area contributed by atoms with E-state index in [1.165, 1.54) is 12.8 Å². The van der Waals surface area contributed by atoms with Gasteiger partial charge in [0.05, 0.1) is 14.2 Å². The lowest BCUT2D eigenvalue weighted by Gasteiger charge is -2.17. The molecular formula is C16H20N4O2. The van der Waals surface area contributed by atoms with Gasteiger partial charge in [-0.15, -0.1) is 0 Å². The van der Waals surface area contributed by atoms with Crippen molar-refractivity contribution >= 4 is 17.5 Å². The molecule has 2 heterocycles. The zero-order chi connectivity index (χ0) is 15.4. The first-order chi connectivity index (χ1) is 10.8. The number of anilines is 3. The second kappa shape index (κ2) is 6.51. The molecule has 2 aromatic rings. The van der Waals surface area contributed by atoms with Crippen LogP contribution >= 0.6 is 0 Å². The predicted octanol–water partition coefficient (Wildman–Crippen LogP) is 2.84. The molecule has 116 valence electrons. The maximum atomic E-state index is 5.31. The van der Waals surface area contributed by atoms with Crippen LogP contribution in [-0.4, -0.2) is 37.3 Å². The van der Waals surface area contributed by atoms with Crippen molar-refractivity contribution in [2.45, 2.75) is 12.8 Å². The molecule has 1 aromatic heterocycles. The van der Waals surface area contributed by atoms with Gasteiger partial charge >= 0.3 is 0 Å². The molecule has 0 amide bonds. The maximum Gasteiger partial charge on any atom is 0.229 e. The normalized spacial score (nSPS) is 14.0. The average Bonchev–Trinajstić information content (AvgIpc) is 3.09. The summed E-state index contributed by atoms with van der Waals surface area (Å²) < 4.78 is 10.5. The lowest BCUT2D eigenvalue weighted by Crippen LogP contribution is -2.19. The molecule has 0 atom stereocenters. The van der Waals surface area contributed by atoms with Gasteiger partial charge in [-0.25, -0.2) is 4.98 Å². The number of nitrogens with zero attached hydrogens (tertiary/aromatic N) is 3. The molecule has 6 heteroatoms. The van der Waals surface area contributed by atoms with Crippen LogP contribution in [0, 0.1) is 0 Å². The molecule has 0 unspecified atom stereocenters. The first kappa shape index (κ1) is 14.4. The van der Waals surface area contributed by atoms with Crippen LogP contribution in [0.15, 0.2) is 30.5 Å².